The van der Waals surface area contributed by atoms with E-state index < -0.39 is 0 Å². The van der Waals surface area contributed by atoms with E-state index in [-0.39, 0.29) is 18.0 Å². The summed E-state index contributed by atoms with van der Waals surface area (Å²) in [5.41, 5.74) is 8.37. The Labute approximate surface area is 193 Å². The summed E-state index contributed by atoms with van der Waals surface area (Å²) in [5, 5.41) is 5.84. The molecule has 3 aliphatic rings. The smallest absolute Gasteiger partial charge is 0.274 e. The van der Waals surface area contributed by atoms with Gasteiger partial charge >= 0.3 is 0 Å². The van der Waals surface area contributed by atoms with E-state index in [1.165, 1.54) is 0 Å². The van der Waals surface area contributed by atoms with Gasteiger partial charge in [-0.2, -0.15) is 5.10 Å². The average molecular weight is 447 g/mol. The largest absolute Gasteiger partial charge is 0.355 e. The molecule has 0 bridgehead atoms. The molecule has 0 saturated carbocycles. The Morgan fingerprint density at radius 3 is 2.91 bits per heavy atom. The number of amides is 1. The number of fused-ring (bicyclic) bond motifs is 1. The summed E-state index contributed by atoms with van der Waals surface area (Å²) in [5.74, 6) is 1.55. The molecule has 9 nitrogen and oxygen atoms in total. The molecule has 1 unspecified atom stereocenters. The van der Waals surface area contributed by atoms with Crippen molar-refractivity contribution in [2.45, 2.75) is 44.7 Å². The SMILES string of the molecule is C=NN1C=C(C)C(N2CC[C@H](N)C2)=N/C1=C/C1CCCCN1C(=O)c1cn2ccccc2n1. The highest BCUT2D eigenvalue weighted by Crippen LogP contribution is 2.27. The van der Waals surface area contributed by atoms with E-state index in [1.54, 1.807) is 11.2 Å². The van der Waals surface area contributed by atoms with E-state index in [9.17, 15) is 4.79 Å². The summed E-state index contributed by atoms with van der Waals surface area (Å²) in [4.78, 5) is 27.1. The van der Waals surface area contributed by atoms with Crippen molar-refractivity contribution in [3.05, 3.63) is 60.0 Å². The van der Waals surface area contributed by atoms with Gasteiger partial charge in [0, 0.05) is 56.6 Å². The Kier molecular flexibility index (Phi) is 5.72. The predicted molar refractivity (Wildman–Crippen MR) is 129 cm³/mol. The van der Waals surface area contributed by atoms with Gasteiger partial charge < -0.3 is 19.9 Å². The van der Waals surface area contributed by atoms with E-state index in [2.05, 4.69) is 21.7 Å². The number of carbonyl (C=O) groups is 1. The lowest BCUT2D eigenvalue weighted by Gasteiger charge is -2.35. The van der Waals surface area contributed by atoms with Crippen molar-refractivity contribution in [1.82, 2.24) is 24.2 Å². The van der Waals surface area contributed by atoms with Crippen molar-refractivity contribution in [3.8, 4) is 0 Å². The van der Waals surface area contributed by atoms with Gasteiger partial charge in [0.15, 0.2) is 5.82 Å². The summed E-state index contributed by atoms with van der Waals surface area (Å²) >= 11 is 0. The third-order valence-corrected chi connectivity index (χ3v) is 6.54. The molecule has 2 atom stereocenters. The minimum Gasteiger partial charge on any atom is -0.355 e. The molecule has 5 heterocycles. The second kappa shape index (κ2) is 8.82. The molecule has 172 valence electrons. The number of hydrazone groups is 1. The number of hydrogen-bond acceptors (Lipinski definition) is 7. The van der Waals surface area contributed by atoms with Crippen molar-refractivity contribution in [3.63, 3.8) is 0 Å². The summed E-state index contributed by atoms with van der Waals surface area (Å²) in [7, 11) is 0. The van der Waals surface area contributed by atoms with Gasteiger partial charge in [-0.25, -0.2) is 15.0 Å². The summed E-state index contributed by atoms with van der Waals surface area (Å²) in [6.07, 6.45) is 11.5. The summed E-state index contributed by atoms with van der Waals surface area (Å²) < 4.78 is 1.88. The molecule has 5 rings (SSSR count). The molecule has 2 fully saturated rings. The van der Waals surface area contributed by atoms with Crippen molar-refractivity contribution in [2.75, 3.05) is 19.6 Å². The Morgan fingerprint density at radius 2 is 2.15 bits per heavy atom. The number of imidazole rings is 1. The van der Waals surface area contributed by atoms with Crippen molar-refractivity contribution < 1.29 is 4.79 Å². The number of amidine groups is 1. The molecule has 0 spiro atoms. The highest BCUT2D eigenvalue weighted by Gasteiger charge is 2.31. The minimum absolute atomic E-state index is 0.0596. The van der Waals surface area contributed by atoms with Crippen LogP contribution in [0.15, 0.2) is 64.4 Å². The molecule has 2 N–H and O–H groups in total. The zero-order valence-electron chi connectivity index (χ0n) is 19.0. The van der Waals surface area contributed by atoms with Crippen LogP contribution in [0.2, 0.25) is 0 Å². The van der Waals surface area contributed by atoms with Crippen LogP contribution in [-0.4, -0.2) is 74.4 Å². The third kappa shape index (κ3) is 4.16. The van der Waals surface area contributed by atoms with Gasteiger partial charge in [0.2, 0.25) is 0 Å². The van der Waals surface area contributed by atoms with Crippen LogP contribution in [0.25, 0.3) is 5.65 Å². The van der Waals surface area contributed by atoms with Crippen LogP contribution in [0.1, 0.15) is 43.1 Å². The van der Waals surface area contributed by atoms with Gasteiger partial charge in [0.05, 0.1) is 6.04 Å². The van der Waals surface area contributed by atoms with Crippen LogP contribution in [0, 0.1) is 0 Å². The van der Waals surface area contributed by atoms with Gasteiger partial charge in [-0.3, -0.25) is 4.79 Å². The van der Waals surface area contributed by atoms with Crippen molar-refractivity contribution in [1.29, 1.82) is 0 Å². The number of piperidine rings is 1. The van der Waals surface area contributed by atoms with E-state index in [0.717, 1.165) is 55.8 Å². The van der Waals surface area contributed by atoms with Gasteiger partial charge in [-0.1, -0.05) is 6.07 Å². The first-order valence-corrected chi connectivity index (χ1v) is 11.5. The number of aromatic nitrogens is 2. The Balaban J connectivity index is 1.45. The summed E-state index contributed by atoms with van der Waals surface area (Å²) in [6.45, 7) is 8.12. The van der Waals surface area contributed by atoms with Crippen LogP contribution in [0.4, 0.5) is 0 Å². The number of hydrogen-bond donors (Lipinski definition) is 1. The Bertz CT molecular complexity index is 1130. The first kappa shape index (κ1) is 21.4. The topological polar surface area (TPSA) is 94.8 Å². The van der Waals surface area contributed by atoms with Crippen LogP contribution in [0.5, 0.6) is 0 Å². The molecule has 0 radical (unpaired) electrons. The normalized spacial score (nSPS) is 24.9. The predicted octanol–water partition coefficient (Wildman–Crippen LogP) is 2.44. The molecule has 9 heteroatoms. The molecule has 2 aromatic heterocycles. The maximum absolute atomic E-state index is 13.4. The molecule has 33 heavy (non-hydrogen) atoms. The Morgan fingerprint density at radius 1 is 1.27 bits per heavy atom. The number of likely N-dealkylation sites (tertiary alicyclic amines) is 2. The number of rotatable bonds is 3. The molecule has 1 amide bonds. The van der Waals surface area contributed by atoms with Gasteiger partial charge in [-0.05, 0) is 50.8 Å². The minimum atomic E-state index is -0.0899. The lowest BCUT2D eigenvalue weighted by molar-refractivity contribution is 0.0656. The zero-order chi connectivity index (χ0) is 22.9. The van der Waals surface area contributed by atoms with Gasteiger partial charge in [-0.15, -0.1) is 0 Å². The molecular formula is C24H30N8O. The van der Waals surface area contributed by atoms with E-state index in [4.69, 9.17) is 10.7 Å². The number of aliphatic imine (C=N–C) groups is 1. The third-order valence-electron chi connectivity index (χ3n) is 6.54. The maximum Gasteiger partial charge on any atom is 0.274 e. The van der Waals surface area contributed by atoms with E-state index in [0.29, 0.717) is 18.1 Å². The van der Waals surface area contributed by atoms with Gasteiger partial charge in [0.1, 0.15) is 17.2 Å². The van der Waals surface area contributed by atoms with Crippen LogP contribution >= 0.6 is 0 Å². The second-order valence-corrected chi connectivity index (χ2v) is 8.91. The first-order chi connectivity index (χ1) is 16.0. The zero-order valence-corrected chi connectivity index (χ0v) is 19.0. The van der Waals surface area contributed by atoms with E-state index in [1.807, 2.05) is 52.9 Å². The monoisotopic (exact) mass is 446 g/mol. The number of carbonyl (C=O) groups excluding carboxylic acids is 1. The molecule has 3 aliphatic heterocycles. The standard InChI is InChI=1S/C24H30N8O/c1-17-14-32(26-2)22(28-23(17)30-12-9-18(25)15-30)13-19-7-3-6-11-31(19)24(33)20-16-29-10-5-4-8-21(29)27-20/h4-5,8,10,13-14,16,18-19H,2-3,6-7,9,11-12,15,25H2,1H3/b22-13-/t18-,19?/m0/s1. The van der Waals surface area contributed by atoms with Crippen molar-refractivity contribution in [2.24, 2.45) is 15.8 Å². The molecule has 0 aliphatic carbocycles. The van der Waals surface area contributed by atoms with Crippen LogP contribution < -0.4 is 5.73 Å². The second-order valence-electron chi connectivity index (χ2n) is 8.91. The lowest BCUT2D eigenvalue weighted by Crippen LogP contribution is -2.43. The molecule has 2 aromatic rings. The fourth-order valence-corrected chi connectivity index (χ4v) is 4.82. The Hall–Kier alpha value is -3.46. The highest BCUT2D eigenvalue weighted by atomic mass is 16.2. The fraction of sp³-hybridized carbons (Fsp3) is 0.417. The van der Waals surface area contributed by atoms with Crippen LogP contribution in [0.3, 0.4) is 0 Å². The average Bonchev–Trinajstić information content (AvgIpc) is 3.46. The van der Waals surface area contributed by atoms with E-state index >= 15 is 0 Å². The lowest BCUT2D eigenvalue weighted by atomic mass is 10.0. The van der Waals surface area contributed by atoms with Gasteiger partial charge in [0.25, 0.3) is 5.91 Å². The number of nitrogens with zero attached hydrogens (tertiary/aromatic N) is 7. The summed E-state index contributed by atoms with van der Waals surface area (Å²) in [6, 6.07) is 5.82. The first-order valence-electron chi connectivity index (χ1n) is 11.5. The van der Waals surface area contributed by atoms with Crippen LogP contribution in [-0.2, 0) is 0 Å². The quantitative estimate of drug-likeness (QED) is 0.731. The highest BCUT2D eigenvalue weighted by molar-refractivity contribution is 5.99. The molecule has 2 saturated heterocycles. The number of pyridine rings is 1. The number of nitrogens with two attached hydrogens (primary N) is 1. The van der Waals surface area contributed by atoms with Crippen molar-refractivity contribution >= 4 is 24.1 Å². The molecule has 0 aromatic carbocycles. The maximum atomic E-state index is 13.4. The molecular weight excluding hydrogens is 416 g/mol. The fourth-order valence-electron chi connectivity index (χ4n) is 4.82.